The molecular formula is C11H20N4O2. The molecule has 0 fully saturated rings. The molecule has 0 spiro atoms. The van der Waals surface area contributed by atoms with Gasteiger partial charge in [-0.2, -0.15) is 0 Å². The van der Waals surface area contributed by atoms with Crippen molar-refractivity contribution in [1.29, 1.82) is 0 Å². The lowest BCUT2D eigenvalue weighted by Crippen LogP contribution is -2.29. The van der Waals surface area contributed by atoms with Crippen molar-refractivity contribution in [2.24, 2.45) is 5.92 Å². The summed E-state index contributed by atoms with van der Waals surface area (Å²) in [5.74, 6) is -0.238. The first kappa shape index (κ1) is 13.6. The number of nitrogens with one attached hydrogen (secondary N) is 1. The standard InChI is InChI=1S/C11H20N4O2/c1-3-17-11(16)10(2)9-12-5-4-7-15-8-6-13-14-15/h6,8,10,12H,3-5,7,9H2,1-2H3. The molecule has 1 heterocycles. The molecule has 96 valence electrons. The monoisotopic (exact) mass is 240 g/mol. The minimum Gasteiger partial charge on any atom is -0.466 e. The van der Waals surface area contributed by atoms with E-state index in [1.165, 1.54) is 0 Å². The number of hydrogen-bond acceptors (Lipinski definition) is 5. The summed E-state index contributed by atoms with van der Waals surface area (Å²) in [6, 6.07) is 0. The van der Waals surface area contributed by atoms with Gasteiger partial charge in [0.1, 0.15) is 0 Å². The minimum atomic E-state index is -0.142. The number of rotatable bonds is 8. The Hall–Kier alpha value is -1.43. The van der Waals surface area contributed by atoms with Gasteiger partial charge in [0.2, 0.25) is 0 Å². The summed E-state index contributed by atoms with van der Waals surface area (Å²) >= 11 is 0. The highest BCUT2D eigenvalue weighted by Crippen LogP contribution is 1.96. The molecule has 17 heavy (non-hydrogen) atoms. The van der Waals surface area contributed by atoms with Crippen molar-refractivity contribution in [1.82, 2.24) is 20.3 Å². The fraction of sp³-hybridized carbons (Fsp3) is 0.727. The minimum absolute atomic E-state index is 0.0960. The van der Waals surface area contributed by atoms with E-state index in [4.69, 9.17) is 4.74 Å². The van der Waals surface area contributed by atoms with Crippen LogP contribution in [0.15, 0.2) is 12.4 Å². The Kier molecular flexibility index (Phi) is 6.24. The first-order valence-corrected chi connectivity index (χ1v) is 5.95. The molecule has 0 saturated carbocycles. The lowest BCUT2D eigenvalue weighted by molar-refractivity contribution is -0.147. The topological polar surface area (TPSA) is 69.0 Å². The molecule has 0 bridgehead atoms. The lowest BCUT2D eigenvalue weighted by atomic mass is 10.2. The Morgan fingerprint density at radius 2 is 2.41 bits per heavy atom. The second kappa shape index (κ2) is 7.78. The smallest absolute Gasteiger partial charge is 0.309 e. The second-order valence-electron chi connectivity index (χ2n) is 3.88. The van der Waals surface area contributed by atoms with Gasteiger partial charge in [0.25, 0.3) is 0 Å². The predicted octanol–water partition coefficient (Wildman–Crippen LogP) is 0.457. The summed E-state index contributed by atoms with van der Waals surface area (Å²) in [5, 5.41) is 10.8. The number of aryl methyl sites for hydroxylation is 1. The number of hydrogen-bond donors (Lipinski definition) is 1. The number of carbonyl (C=O) groups excluding carboxylic acids is 1. The molecule has 0 saturated heterocycles. The molecule has 1 rings (SSSR count). The summed E-state index contributed by atoms with van der Waals surface area (Å²) < 4.78 is 6.71. The quantitative estimate of drug-likeness (QED) is 0.528. The van der Waals surface area contributed by atoms with Gasteiger partial charge in [0.15, 0.2) is 0 Å². The Morgan fingerprint density at radius 1 is 1.59 bits per heavy atom. The Balaban J connectivity index is 2.02. The van der Waals surface area contributed by atoms with E-state index in [9.17, 15) is 4.79 Å². The number of nitrogens with zero attached hydrogens (tertiary/aromatic N) is 3. The molecule has 0 aliphatic carbocycles. The molecule has 1 unspecified atom stereocenters. The van der Waals surface area contributed by atoms with Crippen LogP contribution in [-0.2, 0) is 16.1 Å². The third-order valence-electron chi connectivity index (χ3n) is 2.35. The van der Waals surface area contributed by atoms with Crippen molar-refractivity contribution < 1.29 is 9.53 Å². The molecule has 0 aliphatic rings. The molecule has 1 N–H and O–H groups in total. The van der Waals surface area contributed by atoms with Gasteiger partial charge in [-0.1, -0.05) is 12.1 Å². The van der Waals surface area contributed by atoms with Gasteiger partial charge in [-0.25, -0.2) is 0 Å². The van der Waals surface area contributed by atoms with E-state index in [-0.39, 0.29) is 11.9 Å². The van der Waals surface area contributed by atoms with Crippen molar-refractivity contribution in [2.45, 2.75) is 26.8 Å². The van der Waals surface area contributed by atoms with Gasteiger partial charge >= 0.3 is 5.97 Å². The average molecular weight is 240 g/mol. The molecule has 1 aromatic heterocycles. The Morgan fingerprint density at radius 3 is 3.06 bits per heavy atom. The molecule has 0 amide bonds. The molecular weight excluding hydrogens is 220 g/mol. The van der Waals surface area contributed by atoms with Crippen molar-refractivity contribution in [3.8, 4) is 0 Å². The molecule has 0 aromatic carbocycles. The van der Waals surface area contributed by atoms with E-state index < -0.39 is 0 Å². The van der Waals surface area contributed by atoms with Crippen LogP contribution in [0, 0.1) is 5.92 Å². The Bertz CT molecular complexity index is 313. The summed E-state index contributed by atoms with van der Waals surface area (Å²) in [5.41, 5.74) is 0. The van der Waals surface area contributed by atoms with Crippen molar-refractivity contribution >= 4 is 5.97 Å². The maximum absolute atomic E-state index is 11.3. The van der Waals surface area contributed by atoms with Gasteiger partial charge in [-0.15, -0.1) is 5.10 Å². The van der Waals surface area contributed by atoms with Crippen LogP contribution >= 0.6 is 0 Å². The largest absolute Gasteiger partial charge is 0.466 e. The van der Waals surface area contributed by atoms with Crippen LogP contribution < -0.4 is 5.32 Å². The van der Waals surface area contributed by atoms with E-state index in [0.717, 1.165) is 19.5 Å². The van der Waals surface area contributed by atoms with E-state index in [1.807, 2.05) is 20.0 Å². The zero-order valence-corrected chi connectivity index (χ0v) is 10.4. The van der Waals surface area contributed by atoms with Crippen LogP contribution in [0.4, 0.5) is 0 Å². The predicted molar refractivity (Wildman–Crippen MR) is 63.3 cm³/mol. The van der Waals surface area contributed by atoms with Crippen LogP contribution in [0.3, 0.4) is 0 Å². The van der Waals surface area contributed by atoms with Crippen LogP contribution in [0.5, 0.6) is 0 Å². The molecule has 1 atom stereocenters. The summed E-state index contributed by atoms with van der Waals surface area (Å²) in [7, 11) is 0. The maximum atomic E-state index is 11.3. The maximum Gasteiger partial charge on any atom is 0.309 e. The van der Waals surface area contributed by atoms with Gasteiger partial charge in [0.05, 0.1) is 18.7 Å². The van der Waals surface area contributed by atoms with Crippen LogP contribution in [0.2, 0.25) is 0 Å². The molecule has 0 radical (unpaired) electrons. The summed E-state index contributed by atoms with van der Waals surface area (Å²) in [6.07, 6.45) is 4.45. The highest BCUT2D eigenvalue weighted by atomic mass is 16.5. The number of aromatic nitrogens is 3. The van der Waals surface area contributed by atoms with Crippen LogP contribution in [-0.4, -0.2) is 40.7 Å². The van der Waals surface area contributed by atoms with Crippen LogP contribution in [0.1, 0.15) is 20.3 Å². The van der Waals surface area contributed by atoms with E-state index in [1.54, 1.807) is 10.9 Å². The average Bonchev–Trinajstić information content (AvgIpc) is 2.81. The van der Waals surface area contributed by atoms with E-state index in [0.29, 0.717) is 13.2 Å². The van der Waals surface area contributed by atoms with E-state index in [2.05, 4.69) is 15.6 Å². The first-order valence-electron chi connectivity index (χ1n) is 5.95. The van der Waals surface area contributed by atoms with Crippen LogP contribution in [0.25, 0.3) is 0 Å². The van der Waals surface area contributed by atoms with Gasteiger partial charge in [-0.3, -0.25) is 9.48 Å². The molecule has 6 nitrogen and oxygen atoms in total. The summed E-state index contributed by atoms with van der Waals surface area (Å²) in [6.45, 7) is 6.45. The fourth-order valence-electron chi connectivity index (χ4n) is 1.40. The third kappa shape index (κ3) is 5.44. The highest BCUT2D eigenvalue weighted by molar-refractivity contribution is 5.72. The zero-order chi connectivity index (χ0) is 12.5. The number of carbonyl (C=O) groups is 1. The number of esters is 1. The molecule has 0 aliphatic heterocycles. The van der Waals surface area contributed by atoms with Gasteiger partial charge in [-0.05, 0) is 19.9 Å². The van der Waals surface area contributed by atoms with Crippen molar-refractivity contribution in [2.75, 3.05) is 19.7 Å². The highest BCUT2D eigenvalue weighted by Gasteiger charge is 2.12. The molecule has 1 aromatic rings. The number of ether oxygens (including phenoxy) is 1. The van der Waals surface area contributed by atoms with Gasteiger partial charge < -0.3 is 10.1 Å². The lowest BCUT2D eigenvalue weighted by Gasteiger charge is -2.11. The summed E-state index contributed by atoms with van der Waals surface area (Å²) in [4.78, 5) is 11.3. The molecule has 6 heteroatoms. The fourth-order valence-corrected chi connectivity index (χ4v) is 1.40. The zero-order valence-electron chi connectivity index (χ0n) is 10.4. The second-order valence-corrected chi connectivity index (χ2v) is 3.88. The third-order valence-corrected chi connectivity index (χ3v) is 2.35. The van der Waals surface area contributed by atoms with Crippen molar-refractivity contribution in [3.63, 3.8) is 0 Å². The first-order chi connectivity index (χ1) is 8.24. The van der Waals surface area contributed by atoms with E-state index >= 15 is 0 Å². The van der Waals surface area contributed by atoms with Gasteiger partial charge in [0, 0.05) is 19.3 Å². The SMILES string of the molecule is CCOC(=O)C(C)CNCCCn1ccnn1. The Labute approximate surface area is 101 Å². The normalized spacial score (nSPS) is 12.4. The van der Waals surface area contributed by atoms with Crippen molar-refractivity contribution in [3.05, 3.63) is 12.4 Å².